The maximum atomic E-state index is 14.1. The lowest BCUT2D eigenvalue weighted by molar-refractivity contribution is 0.0243. The second-order valence-corrected chi connectivity index (χ2v) is 7.71. The van der Waals surface area contributed by atoms with Gasteiger partial charge in [0.1, 0.15) is 5.82 Å². The van der Waals surface area contributed by atoms with Crippen LogP contribution in [0, 0.1) is 11.7 Å². The highest BCUT2D eigenvalue weighted by atomic mass is 19.1. The molecule has 0 radical (unpaired) electrons. The number of rotatable bonds is 4. The first kappa shape index (κ1) is 19.1. The van der Waals surface area contributed by atoms with Crippen molar-refractivity contribution in [3.8, 4) is 11.1 Å². The van der Waals surface area contributed by atoms with Gasteiger partial charge in [-0.05, 0) is 42.5 Å². The smallest absolute Gasteiger partial charge is 0.253 e. The van der Waals surface area contributed by atoms with Crippen molar-refractivity contribution >= 4 is 5.91 Å². The molecule has 2 aromatic rings. The lowest BCUT2D eigenvalue weighted by Crippen LogP contribution is -2.44. The lowest BCUT2D eigenvalue weighted by Gasteiger charge is -2.36. The van der Waals surface area contributed by atoms with E-state index in [-0.39, 0.29) is 11.7 Å². The van der Waals surface area contributed by atoms with Crippen molar-refractivity contribution in [2.75, 3.05) is 45.9 Å². The van der Waals surface area contributed by atoms with Crippen LogP contribution < -0.4 is 0 Å². The molecule has 148 valence electrons. The van der Waals surface area contributed by atoms with E-state index >= 15 is 0 Å². The standard InChI is InChI=1S/C23H27FN2O2/c24-22-7-2-1-6-21(22)19-4-3-5-20(16-19)23(27)26-10-8-18(9-11-26)17-25-12-14-28-15-13-25/h1-7,16,18H,8-15,17H2. The second-order valence-electron chi connectivity index (χ2n) is 7.71. The summed E-state index contributed by atoms with van der Waals surface area (Å²) in [6.45, 7) is 6.37. The van der Waals surface area contributed by atoms with Gasteiger partial charge >= 0.3 is 0 Å². The van der Waals surface area contributed by atoms with Gasteiger partial charge in [0.05, 0.1) is 13.2 Å². The molecule has 0 spiro atoms. The molecule has 0 N–H and O–H groups in total. The molecule has 2 aromatic carbocycles. The van der Waals surface area contributed by atoms with Crippen LogP contribution in [0.1, 0.15) is 23.2 Å². The van der Waals surface area contributed by atoms with Crippen molar-refractivity contribution in [3.63, 3.8) is 0 Å². The predicted octanol–water partition coefficient (Wildman–Crippen LogP) is 3.68. The van der Waals surface area contributed by atoms with Gasteiger partial charge in [0.25, 0.3) is 5.91 Å². The summed E-state index contributed by atoms with van der Waals surface area (Å²) < 4.78 is 19.5. The molecule has 0 bridgehead atoms. The van der Waals surface area contributed by atoms with Crippen LogP contribution in [-0.4, -0.2) is 61.6 Å². The minimum absolute atomic E-state index is 0.0445. The number of hydrogen-bond donors (Lipinski definition) is 0. The molecule has 0 unspecified atom stereocenters. The summed E-state index contributed by atoms with van der Waals surface area (Å²) in [6.07, 6.45) is 2.08. The van der Waals surface area contributed by atoms with E-state index in [9.17, 15) is 9.18 Å². The number of ether oxygens (including phenoxy) is 1. The van der Waals surface area contributed by atoms with Crippen LogP contribution in [-0.2, 0) is 4.74 Å². The van der Waals surface area contributed by atoms with Gasteiger partial charge in [0.2, 0.25) is 0 Å². The van der Waals surface area contributed by atoms with Crippen LogP contribution in [0.4, 0.5) is 4.39 Å². The van der Waals surface area contributed by atoms with Crippen LogP contribution in [0.25, 0.3) is 11.1 Å². The highest BCUT2D eigenvalue weighted by Crippen LogP contribution is 2.25. The van der Waals surface area contributed by atoms with Crippen LogP contribution in [0.15, 0.2) is 48.5 Å². The van der Waals surface area contributed by atoms with Gasteiger partial charge in [-0.2, -0.15) is 0 Å². The maximum Gasteiger partial charge on any atom is 0.253 e. The Bertz CT molecular complexity index is 812. The molecule has 0 saturated carbocycles. The summed E-state index contributed by atoms with van der Waals surface area (Å²) in [5.74, 6) is 0.422. The third kappa shape index (κ3) is 4.42. The van der Waals surface area contributed by atoms with Gasteiger partial charge in [0, 0.05) is 43.9 Å². The maximum absolute atomic E-state index is 14.1. The van der Waals surface area contributed by atoms with Crippen LogP contribution in [0.2, 0.25) is 0 Å². The number of benzene rings is 2. The Morgan fingerprint density at radius 2 is 1.75 bits per heavy atom. The third-order valence-electron chi connectivity index (χ3n) is 5.82. The van der Waals surface area contributed by atoms with E-state index in [1.165, 1.54) is 6.07 Å². The first-order valence-electron chi connectivity index (χ1n) is 10.1. The zero-order valence-electron chi connectivity index (χ0n) is 16.1. The van der Waals surface area contributed by atoms with Crippen molar-refractivity contribution in [1.82, 2.24) is 9.80 Å². The summed E-state index contributed by atoms with van der Waals surface area (Å²) >= 11 is 0. The highest BCUT2D eigenvalue weighted by Gasteiger charge is 2.25. The zero-order valence-corrected chi connectivity index (χ0v) is 16.1. The molecule has 2 saturated heterocycles. The fraction of sp³-hybridized carbons (Fsp3) is 0.435. The highest BCUT2D eigenvalue weighted by molar-refractivity contribution is 5.95. The molecule has 28 heavy (non-hydrogen) atoms. The molecule has 4 rings (SSSR count). The first-order chi connectivity index (χ1) is 13.7. The number of carbonyl (C=O) groups excluding carboxylic acids is 1. The molecule has 1 amide bonds. The molecule has 0 atom stereocenters. The minimum Gasteiger partial charge on any atom is -0.379 e. The van der Waals surface area contributed by atoms with Gasteiger partial charge < -0.3 is 9.64 Å². The molecule has 2 aliphatic heterocycles. The summed E-state index contributed by atoms with van der Waals surface area (Å²) in [4.78, 5) is 17.4. The molecule has 0 aliphatic carbocycles. The van der Waals surface area contributed by atoms with Gasteiger partial charge in [-0.15, -0.1) is 0 Å². The number of halogens is 1. The van der Waals surface area contributed by atoms with E-state index < -0.39 is 0 Å². The van der Waals surface area contributed by atoms with E-state index in [1.807, 2.05) is 29.2 Å². The average molecular weight is 382 g/mol. The monoisotopic (exact) mass is 382 g/mol. The number of amides is 1. The predicted molar refractivity (Wildman–Crippen MR) is 108 cm³/mol. The second kappa shape index (κ2) is 8.84. The summed E-state index contributed by atoms with van der Waals surface area (Å²) in [5, 5.41) is 0. The lowest BCUT2D eigenvalue weighted by atomic mass is 9.95. The van der Waals surface area contributed by atoms with E-state index in [2.05, 4.69) is 4.90 Å². The van der Waals surface area contributed by atoms with Crippen molar-refractivity contribution in [3.05, 3.63) is 59.9 Å². The minimum atomic E-state index is -0.268. The Labute approximate surface area is 165 Å². The Morgan fingerprint density at radius 1 is 1.00 bits per heavy atom. The normalized spacial score (nSPS) is 19.0. The molecule has 5 heteroatoms. The van der Waals surface area contributed by atoms with Crippen LogP contribution >= 0.6 is 0 Å². The molecule has 4 nitrogen and oxygen atoms in total. The zero-order chi connectivity index (χ0) is 19.3. The van der Waals surface area contributed by atoms with Gasteiger partial charge in [-0.1, -0.05) is 30.3 Å². The number of nitrogens with zero attached hydrogens (tertiary/aromatic N) is 2. The number of piperidine rings is 1. The van der Waals surface area contributed by atoms with Crippen LogP contribution in [0.3, 0.4) is 0 Å². The molecule has 0 aromatic heterocycles. The topological polar surface area (TPSA) is 32.8 Å². The number of hydrogen-bond acceptors (Lipinski definition) is 3. The fourth-order valence-electron chi connectivity index (χ4n) is 4.17. The first-order valence-corrected chi connectivity index (χ1v) is 10.1. The Hall–Kier alpha value is -2.24. The third-order valence-corrected chi connectivity index (χ3v) is 5.82. The molecule has 2 aliphatic rings. The molecular formula is C23H27FN2O2. The Balaban J connectivity index is 1.38. The van der Waals surface area contributed by atoms with E-state index in [4.69, 9.17) is 4.74 Å². The van der Waals surface area contributed by atoms with Crippen molar-refractivity contribution in [2.45, 2.75) is 12.8 Å². The van der Waals surface area contributed by atoms with Gasteiger partial charge in [-0.25, -0.2) is 4.39 Å². The number of carbonyl (C=O) groups is 1. The molecule has 2 heterocycles. The quantitative estimate of drug-likeness (QED) is 0.809. The van der Waals surface area contributed by atoms with E-state index in [0.29, 0.717) is 17.0 Å². The number of morpholine rings is 1. The van der Waals surface area contributed by atoms with Crippen LogP contribution in [0.5, 0.6) is 0 Å². The van der Waals surface area contributed by atoms with Crippen molar-refractivity contribution < 1.29 is 13.9 Å². The van der Waals surface area contributed by atoms with Gasteiger partial charge in [-0.3, -0.25) is 9.69 Å². The van der Waals surface area contributed by atoms with E-state index in [1.54, 1.807) is 18.2 Å². The fourth-order valence-corrected chi connectivity index (χ4v) is 4.17. The SMILES string of the molecule is O=C(c1cccc(-c2ccccc2F)c1)N1CCC(CN2CCOCC2)CC1. The van der Waals surface area contributed by atoms with E-state index in [0.717, 1.165) is 64.3 Å². The largest absolute Gasteiger partial charge is 0.379 e. The Kier molecular flexibility index (Phi) is 6.03. The number of likely N-dealkylation sites (tertiary alicyclic amines) is 1. The molecule has 2 fully saturated rings. The summed E-state index contributed by atoms with van der Waals surface area (Å²) in [7, 11) is 0. The van der Waals surface area contributed by atoms with Crippen molar-refractivity contribution in [2.24, 2.45) is 5.92 Å². The molecular weight excluding hydrogens is 355 g/mol. The average Bonchev–Trinajstić information content (AvgIpc) is 2.75. The van der Waals surface area contributed by atoms with Crippen molar-refractivity contribution in [1.29, 1.82) is 0 Å². The Morgan fingerprint density at radius 3 is 2.50 bits per heavy atom. The summed E-state index contributed by atoms with van der Waals surface area (Å²) in [5.41, 5.74) is 1.90. The summed E-state index contributed by atoms with van der Waals surface area (Å²) in [6, 6.07) is 14.0. The van der Waals surface area contributed by atoms with Gasteiger partial charge in [0.15, 0.2) is 0 Å².